The SMILES string of the molecule is C=CCC(CC12CC3CC(C)(CC(C)(C3)C1)C2)NC. The van der Waals surface area contributed by atoms with Crippen molar-refractivity contribution in [2.45, 2.75) is 71.3 Å². The zero-order chi connectivity index (χ0) is 13.7. The molecule has 0 saturated heterocycles. The molecular formula is C18H31N. The number of rotatable bonds is 5. The van der Waals surface area contributed by atoms with Crippen molar-refractivity contribution in [3.63, 3.8) is 0 Å². The van der Waals surface area contributed by atoms with Crippen LogP contribution in [0, 0.1) is 22.2 Å². The average Bonchev–Trinajstić information content (AvgIpc) is 2.22. The third kappa shape index (κ3) is 2.39. The molecule has 3 unspecified atom stereocenters. The first kappa shape index (κ1) is 13.7. The summed E-state index contributed by atoms with van der Waals surface area (Å²) in [7, 11) is 2.12. The molecule has 3 atom stereocenters. The van der Waals surface area contributed by atoms with Gasteiger partial charge in [-0.3, -0.25) is 0 Å². The molecule has 4 bridgehead atoms. The average molecular weight is 261 g/mol. The molecular weight excluding hydrogens is 230 g/mol. The van der Waals surface area contributed by atoms with Crippen LogP contribution < -0.4 is 5.32 Å². The van der Waals surface area contributed by atoms with Gasteiger partial charge in [0.2, 0.25) is 0 Å². The standard InChI is InChI=1S/C18H31N/c1-5-6-15(19-4)10-18-9-14-7-16(2,12-18)11-17(3,8-14)13-18/h5,14-15,19H,1,6-13H2,2-4H3. The Morgan fingerprint density at radius 1 is 1.16 bits per heavy atom. The minimum absolute atomic E-state index is 0.638. The van der Waals surface area contributed by atoms with E-state index in [1.165, 1.54) is 44.9 Å². The molecule has 4 rings (SSSR count). The zero-order valence-electron chi connectivity index (χ0n) is 13.1. The first-order valence-corrected chi connectivity index (χ1v) is 8.18. The highest BCUT2D eigenvalue weighted by Crippen LogP contribution is 2.70. The normalized spacial score (nSPS) is 49.3. The first-order valence-electron chi connectivity index (χ1n) is 8.18. The predicted octanol–water partition coefficient (Wildman–Crippen LogP) is 4.54. The minimum atomic E-state index is 0.638. The number of hydrogen-bond acceptors (Lipinski definition) is 1. The zero-order valence-corrected chi connectivity index (χ0v) is 13.1. The summed E-state index contributed by atoms with van der Waals surface area (Å²) in [5.74, 6) is 1.02. The molecule has 4 fully saturated rings. The summed E-state index contributed by atoms with van der Waals surface area (Å²) >= 11 is 0. The Morgan fingerprint density at radius 3 is 2.26 bits per heavy atom. The van der Waals surface area contributed by atoms with Crippen LogP contribution >= 0.6 is 0 Å². The molecule has 0 spiro atoms. The van der Waals surface area contributed by atoms with Crippen molar-refractivity contribution < 1.29 is 0 Å². The van der Waals surface area contributed by atoms with Gasteiger partial charge in [-0.25, -0.2) is 0 Å². The molecule has 1 nitrogen and oxygen atoms in total. The Kier molecular flexibility index (Phi) is 3.13. The van der Waals surface area contributed by atoms with Gasteiger partial charge in [-0.2, -0.15) is 0 Å². The first-order chi connectivity index (χ1) is 8.90. The van der Waals surface area contributed by atoms with Gasteiger partial charge in [-0.1, -0.05) is 19.9 Å². The monoisotopic (exact) mass is 261 g/mol. The second-order valence-corrected chi connectivity index (χ2v) is 8.84. The molecule has 0 aromatic rings. The maximum atomic E-state index is 3.93. The maximum Gasteiger partial charge on any atom is 0.0104 e. The van der Waals surface area contributed by atoms with Crippen LogP contribution in [0.4, 0.5) is 0 Å². The molecule has 4 aliphatic carbocycles. The van der Waals surface area contributed by atoms with Crippen LogP contribution in [0.25, 0.3) is 0 Å². The van der Waals surface area contributed by atoms with Crippen molar-refractivity contribution in [2.75, 3.05) is 7.05 Å². The van der Waals surface area contributed by atoms with Crippen LogP contribution in [0.1, 0.15) is 65.2 Å². The Hall–Kier alpha value is -0.300. The van der Waals surface area contributed by atoms with Crippen LogP contribution in [0.15, 0.2) is 12.7 Å². The second-order valence-electron chi connectivity index (χ2n) is 8.84. The van der Waals surface area contributed by atoms with Crippen molar-refractivity contribution in [1.29, 1.82) is 0 Å². The maximum absolute atomic E-state index is 3.93. The second kappa shape index (κ2) is 4.35. The summed E-state index contributed by atoms with van der Waals surface area (Å²) in [5, 5.41) is 3.53. The summed E-state index contributed by atoms with van der Waals surface area (Å²) in [6.07, 6.45) is 13.6. The van der Waals surface area contributed by atoms with E-state index in [1.54, 1.807) is 0 Å². The molecule has 0 radical (unpaired) electrons. The van der Waals surface area contributed by atoms with E-state index in [0.29, 0.717) is 22.3 Å². The topological polar surface area (TPSA) is 12.0 Å². The van der Waals surface area contributed by atoms with Crippen molar-refractivity contribution >= 4 is 0 Å². The molecule has 4 aliphatic rings. The van der Waals surface area contributed by atoms with Gasteiger partial charge in [0, 0.05) is 6.04 Å². The summed E-state index contributed by atoms with van der Waals surface area (Å²) in [6.45, 7) is 9.08. The summed E-state index contributed by atoms with van der Waals surface area (Å²) in [4.78, 5) is 0. The van der Waals surface area contributed by atoms with Gasteiger partial charge in [0.05, 0.1) is 0 Å². The van der Waals surface area contributed by atoms with Gasteiger partial charge in [0.25, 0.3) is 0 Å². The lowest BCUT2D eigenvalue weighted by Crippen LogP contribution is -2.56. The Labute approximate surface area is 119 Å². The molecule has 0 amide bonds. The molecule has 4 saturated carbocycles. The molecule has 0 heterocycles. The van der Waals surface area contributed by atoms with E-state index in [9.17, 15) is 0 Å². The number of nitrogens with one attached hydrogen (secondary N) is 1. The Bertz CT molecular complexity index is 354. The third-order valence-electron chi connectivity index (χ3n) is 6.28. The van der Waals surface area contributed by atoms with Crippen molar-refractivity contribution in [3.05, 3.63) is 12.7 Å². The van der Waals surface area contributed by atoms with E-state index >= 15 is 0 Å². The van der Waals surface area contributed by atoms with Gasteiger partial charge in [-0.05, 0) is 80.6 Å². The fraction of sp³-hybridized carbons (Fsp3) is 0.889. The van der Waals surface area contributed by atoms with Gasteiger partial charge in [0.15, 0.2) is 0 Å². The molecule has 0 aromatic heterocycles. The molecule has 0 aromatic carbocycles. The predicted molar refractivity (Wildman–Crippen MR) is 82.1 cm³/mol. The molecule has 108 valence electrons. The Balaban J connectivity index is 1.82. The van der Waals surface area contributed by atoms with Gasteiger partial charge < -0.3 is 5.32 Å². The lowest BCUT2D eigenvalue weighted by molar-refractivity contribution is -0.149. The summed E-state index contributed by atoms with van der Waals surface area (Å²) in [6, 6.07) is 0.640. The highest BCUT2D eigenvalue weighted by atomic mass is 14.9. The van der Waals surface area contributed by atoms with Crippen LogP contribution in [-0.4, -0.2) is 13.1 Å². The summed E-state index contributed by atoms with van der Waals surface area (Å²) in [5.41, 5.74) is 1.95. The fourth-order valence-electron chi connectivity index (χ4n) is 6.94. The Morgan fingerprint density at radius 2 is 1.79 bits per heavy atom. The largest absolute Gasteiger partial charge is 0.317 e. The van der Waals surface area contributed by atoms with Crippen molar-refractivity contribution in [1.82, 2.24) is 5.32 Å². The van der Waals surface area contributed by atoms with E-state index in [2.05, 4.69) is 38.9 Å². The van der Waals surface area contributed by atoms with E-state index in [-0.39, 0.29) is 0 Å². The smallest absolute Gasteiger partial charge is 0.0104 e. The van der Waals surface area contributed by atoms with E-state index < -0.39 is 0 Å². The van der Waals surface area contributed by atoms with Crippen LogP contribution in [0.5, 0.6) is 0 Å². The van der Waals surface area contributed by atoms with E-state index in [1.807, 2.05) is 0 Å². The number of hydrogen-bond donors (Lipinski definition) is 1. The molecule has 19 heavy (non-hydrogen) atoms. The molecule has 1 heteroatoms. The fourth-order valence-corrected chi connectivity index (χ4v) is 6.94. The molecule has 0 aliphatic heterocycles. The van der Waals surface area contributed by atoms with Crippen LogP contribution in [0.3, 0.4) is 0 Å². The highest BCUT2D eigenvalue weighted by molar-refractivity contribution is 5.11. The lowest BCUT2D eigenvalue weighted by atomic mass is 9.39. The quantitative estimate of drug-likeness (QED) is 0.717. The summed E-state index contributed by atoms with van der Waals surface area (Å²) < 4.78 is 0. The highest BCUT2D eigenvalue weighted by Gasteiger charge is 2.59. The van der Waals surface area contributed by atoms with Crippen LogP contribution in [-0.2, 0) is 0 Å². The third-order valence-corrected chi connectivity index (χ3v) is 6.28. The van der Waals surface area contributed by atoms with Crippen molar-refractivity contribution in [3.8, 4) is 0 Å². The lowest BCUT2D eigenvalue weighted by Gasteiger charge is -2.66. The van der Waals surface area contributed by atoms with Gasteiger partial charge in [-0.15, -0.1) is 6.58 Å². The van der Waals surface area contributed by atoms with Crippen LogP contribution in [0.2, 0.25) is 0 Å². The van der Waals surface area contributed by atoms with Gasteiger partial charge in [0.1, 0.15) is 0 Å². The van der Waals surface area contributed by atoms with Gasteiger partial charge >= 0.3 is 0 Å². The van der Waals surface area contributed by atoms with Crippen molar-refractivity contribution in [2.24, 2.45) is 22.2 Å². The minimum Gasteiger partial charge on any atom is -0.317 e. The molecule has 1 N–H and O–H groups in total. The van der Waals surface area contributed by atoms with E-state index in [4.69, 9.17) is 0 Å². The van der Waals surface area contributed by atoms with E-state index in [0.717, 1.165) is 12.3 Å².